The van der Waals surface area contributed by atoms with E-state index in [0.717, 1.165) is 12.1 Å². The Balaban J connectivity index is 3.13. The number of alkyl halides is 5. The lowest BCUT2D eigenvalue weighted by molar-refractivity contribution is -0.137. The molecule has 3 N–H and O–H groups in total. The third-order valence-electron chi connectivity index (χ3n) is 2.32. The molecule has 0 amide bonds. The molecule has 0 bridgehead atoms. The average Bonchev–Trinajstić information content (AvgIpc) is 2.26. The van der Waals surface area contributed by atoms with Gasteiger partial charge in [0.05, 0.1) is 16.6 Å². The Bertz CT molecular complexity index is 435. The zero-order chi connectivity index (χ0) is 14.1. The summed E-state index contributed by atoms with van der Waals surface area (Å²) in [5.41, 5.74) is 3.74. The number of aliphatic hydroxyl groups is 1. The van der Waals surface area contributed by atoms with E-state index in [1.165, 1.54) is 0 Å². The van der Waals surface area contributed by atoms with Crippen molar-refractivity contribution in [2.24, 2.45) is 5.73 Å². The zero-order valence-corrected chi connectivity index (χ0v) is 9.56. The number of hydrogen-bond donors (Lipinski definition) is 2. The first-order valence-corrected chi connectivity index (χ1v) is 5.08. The van der Waals surface area contributed by atoms with Gasteiger partial charge in [-0.25, -0.2) is 8.78 Å². The second-order valence-electron chi connectivity index (χ2n) is 3.63. The Labute approximate surface area is 104 Å². The Kier molecular flexibility index (Phi) is 4.19. The number of hydrogen-bond acceptors (Lipinski definition) is 2. The Morgan fingerprint density at radius 3 is 2.17 bits per heavy atom. The van der Waals surface area contributed by atoms with Crippen molar-refractivity contribution in [3.05, 3.63) is 34.3 Å². The fraction of sp³-hybridized carbons (Fsp3) is 0.400. The maximum absolute atomic E-state index is 13.1. The van der Waals surface area contributed by atoms with Crippen molar-refractivity contribution in [2.75, 3.05) is 6.61 Å². The predicted octanol–water partition coefficient (Wildman–Crippen LogP) is 2.99. The van der Waals surface area contributed by atoms with Gasteiger partial charge in [0.25, 0.3) is 5.92 Å². The van der Waals surface area contributed by atoms with Gasteiger partial charge in [0.15, 0.2) is 0 Å². The highest BCUT2D eigenvalue weighted by Crippen LogP contribution is 2.37. The minimum absolute atomic E-state index is 0.285. The average molecular weight is 290 g/mol. The van der Waals surface area contributed by atoms with Gasteiger partial charge in [-0.05, 0) is 17.7 Å². The van der Waals surface area contributed by atoms with Gasteiger partial charge < -0.3 is 10.8 Å². The first-order valence-electron chi connectivity index (χ1n) is 4.70. The monoisotopic (exact) mass is 289 g/mol. The molecule has 1 aromatic rings. The molecule has 2 nitrogen and oxygen atoms in total. The van der Waals surface area contributed by atoms with E-state index >= 15 is 0 Å². The van der Waals surface area contributed by atoms with Crippen LogP contribution < -0.4 is 5.73 Å². The molecule has 8 heteroatoms. The van der Waals surface area contributed by atoms with Crippen molar-refractivity contribution in [3.63, 3.8) is 0 Å². The first-order chi connectivity index (χ1) is 8.09. The van der Waals surface area contributed by atoms with Crippen molar-refractivity contribution in [2.45, 2.75) is 18.1 Å². The predicted molar refractivity (Wildman–Crippen MR) is 55.4 cm³/mol. The maximum Gasteiger partial charge on any atom is 0.417 e. The van der Waals surface area contributed by atoms with Crippen molar-refractivity contribution < 1.29 is 27.1 Å². The fourth-order valence-electron chi connectivity index (χ4n) is 1.30. The number of benzene rings is 1. The molecule has 0 aliphatic rings. The van der Waals surface area contributed by atoms with Gasteiger partial charge in [-0.3, -0.25) is 0 Å². The molecule has 0 heterocycles. The first kappa shape index (κ1) is 15.1. The van der Waals surface area contributed by atoms with E-state index < -0.39 is 35.3 Å². The molecule has 18 heavy (non-hydrogen) atoms. The number of halogens is 6. The molecule has 0 saturated heterocycles. The van der Waals surface area contributed by atoms with Gasteiger partial charge in [0.2, 0.25) is 0 Å². The number of nitrogens with two attached hydrogens (primary N) is 1. The summed E-state index contributed by atoms with van der Waals surface area (Å²) in [5.74, 6) is -3.64. The third kappa shape index (κ3) is 3.09. The van der Waals surface area contributed by atoms with E-state index in [1.807, 2.05) is 0 Å². The van der Waals surface area contributed by atoms with Crippen LogP contribution in [0.3, 0.4) is 0 Å². The van der Waals surface area contributed by atoms with Gasteiger partial charge in [0.1, 0.15) is 6.61 Å². The summed E-state index contributed by atoms with van der Waals surface area (Å²) < 4.78 is 63.2. The molecular formula is C10H9ClF5NO. The molecule has 0 spiro atoms. The summed E-state index contributed by atoms with van der Waals surface area (Å²) in [5, 5.41) is 7.72. The summed E-state index contributed by atoms with van der Waals surface area (Å²) >= 11 is 5.37. The zero-order valence-electron chi connectivity index (χ0n) is 8.81. The standard InChI is InChI=1S/C10H9ClF5NO/c11-7-3-5(8(17)9(12,13)4-18)1-2-6(7)10(14,15)16/h1-3,8,18H,4,17H2/t8-/m0/s1. The lowest BCUT2D eigenvalue weighted by atomic mass is 10.0. The third-order valence-corrected chi connectivity index (χ3v) is 2.64. The minimum Gasteiger partial charge on any atom is -0.390 e. The highest BCUT2D eigenvalue weighted by Gasteiger charge is 2.39. The molecule has 0 aromatic heterocycles. The minimum atomic E-state index is -4.67. The van der Waals surface area contributed by atoms with E-state index in [9.17, 15) is 22.0 Å². The van der Waals surface area contributed by atoms with E-state index in [0.29, 0.717) is 6.07 Å². The van der Waals surface area contributed by atoms with Crippen LogP contribution in [0.2, 0.25) is 5.02 Å². The molecule has 0 radical (unpaired) electrons. The van der Waals surface area contributed by atoms with Crippen LogP contribution in [0, 0.1) is 0 Å². The van der Waals surface area contributed by atoms with Gasteiger partial charge in [-0.2, -0.15) is 13.2 Å². The summed E-state index contributed by atoms with van der Waals surface area (Å²) in [4.78, 5) is 0. The molecule has 102 valence electrons. The molecule has 0 aliphatic carbocycles. The number of rotatable bonds is 3. The van der Waals surface area contributed by atoms with Crippen molar-refractivity contribution >= 4 is 11.6 Å². The molecule has 1 aromatic carbocycles. The van der Waals surface area contributed by atoms with Crippen LogP contribution >= 0.6 is 11.6 Å². The van der Waals surface area contributed by atoms with Crippen LogP contribution in [-0.4, -0.2) is 17.6 Å². The molecule has 0 fully saturated rings. The van der Waals surface area contributed by atoms with E-state index in [-0.39, 0.29) is 5.56 Å². The van der Waals surface area contributed by atoms with Crippen molar-refractivity contribution in [3.8, 4) is 0 Å². The molecule has 1 atom stereocenters. The van der Waals surface area contributed by atoms with Crippen molar-refractivity contribution in [1.29, 1.82) is 0 Å². The summed E-state index contributed by atoms with van der Waals surface area (Å²) in [7, 11) is 0. The van der Waals surface area contributed by atoms with E-state index in [2.05, 4.69) is 0 Å². The Morgan fingerprint density at radius 1 is 1.22 bits per heavy atom. The molecule has 0 aliphatic heterocycles. The van der Waals surface area contributed by atoms with Gasteiger partial charge in [-0.1, -0.05) is 17.7 Å². The SMILES string of the molecule is N[C@@H](c1ccc(C(F)(F)F)c(Cl)c1)C(F)(F)CO. The normalized spacial score (nSPS) is 14.7. The van der Waals surface area contributed by atoms with E-state index in [1.54, 1.807) is 0 Å². The van der Waals surface area contributed by atoms with Crippen LogP contribution in [0.1, 0.15) is 17.2 Å². The lowest BCUT2D eigenvalue weighted by Crippen LogP contribution is -2.36. The van der Waals surface area contributed by atoms with Crippen LogP contribution in [0.15, 0.2) is 18.2 Å². The summed E-state index contributed by atoms with van der Waals surface area (Å²) in [6.07, 6.45) is -4.67. The molecule has 0 saturated carbocycles. The van der Waals surface area contributed by atoms with Gasteiger partial charge in [-0.15, -0.1) is 0 Å². The smallest absolute Gasteiger partial charge is 0.390 e. The van der Waals surface area contributed by atoms with E-state index in [4.69, 9.17) is 22.4 Å². The molecule has 0 unspecified atom stereocenters. The van der Waals surface area contributed by atoms with Gasteiger partial charge >= 0.3 is 6.18 Å². The summed E-state index contributed by atoms with van der Waals surface area (Å²) in [6, 6.07) is 0.175. The van der Waals surface area contributed by atoms with Crippen molar-refractivity contribution in [1.82, 2.24) is 0 Å². The lowest BCUT2D eigenvalue weighted by Gasteiger charge is -2.22. The Morgan fingerprint density at radius 2 is 1.78 bits per heavy atom. The highest BCUT2D eigenvalue weighted by atomic mass is 35.5. The topological polar surface area (TPSA) is 46.2 Å². The maximum atomic E-state index is 13.1. The quantitative estimate of drug-likeness (QED) is 0.840. The highest BCUT2D eigenvalue weighted by molar-refractivity contribution is 6.31. The number of aliphatic hydroxyl groups excluding tert-OH is 1. The van der Waals surface area contributed by atoms with Crippen LogP contribution in [0.25, 0.3) is 0 Å². The van der Waals surface area contributed by atoms with Crippen LogP contribution in [-0.2, 0) is 6.18 Å². The molecular weight excluding hydrogens is 281 g/mol. The fourth-order valence-corrected chi connectivity index (χ4v) is 1.59. The van der Waals surface area contributed by atoms with Gasteiger partial charge in [0, 0.05) is 0 Å². The second kappa shape index (κ2) is 4.99. The second-order valence-corrected chi connectivity index (χ2v) is 4.04. The van der Waals surface area contributed by atoms with Crippen LogP contribution in [0.5, 0.6) is 0 Å². The Hall–Kier alpha value is -0.920. The van der Waals surface area contributed by atoms with Crippen LogP contribution in [0.4, 0.5) is 22.0 Å². The largest absolute Gasteiger partial charge is 0.417 e. The molecule has 1 rings (SSSR count). The summed E-state index contributed by atoms with van der Waals surface area (Å²) in [6.45, 7) is -1.51.